The van der Waals surface area contributed by atoms with Crippen LogP contribution in [0.4, 0.5) is 10.5 Å². The smallest absolute Gasteiger partial charge is 0.411 e. The van der Waals surface area contributed by atoms with Crippen LogP contribution in [-0.4, -0.2) is 38.1 Å². The third-order valence-corrected chi connectivity index (χ3v) is 7.57. The zero-order chi connectivity index (χ0) is 26.1. The fraction of sp³-hybridized carbons (Fsp3) is 0.379. The molecule has 1 amide bonds. The van der Waals surface area contributed by atoms with E-state index in [1.165, 1.54) is 12.7 Å². The molecule has 1 atom stereocenters. The second-order valence-corrected chi connectivity index (χ2v) is 10.1. The van der Waals surface area contributed by atoms with E-state index in [4.69, 9.17) is 9.47 Å². The van der Waals surface area contributed by atoms with Gasteiger partial charge in [0.1, 0.15) is 37.2 Å². The van der Waals surface area contributed by atoms with Crippen LogP contribution in [0.5, 0.6) is 5.75 Å². The minimum atomic E-state index is -0.435. The summed E-state index contributed by atoms with van der Waals surface area (Å²) < 4.78 is 15.5. The van der Waals surface area contributed by atoms with Crippen LogP contribution in [0, 0.1) is 17.2 Å². The summed E-state index contributed by atoms with van der Waals surface area (Å²) in [5.74, 6) is 1.24. The summed E-state index contributed by atoms with van der Waals surface area (Å²) in [7, 11) is 0. The Kier molecular flexibility index (Phi) is 6.46. The first-order valence-corrected chi connectivity index (χ1v) is 13.2. The van der Waals surface area contributed by atoms with Crippen molar-refractivity contribution in [1.82, 2.24) is 19.3 Å². The van der Waals surface area contributed by atoms with Gasteiger partial charge >= 0.3 is 6.09 Å². The molecule has 2 fully saturated rings. The Morgan fingerprint density at radius 3 is 2.66 bits per heavy atom. The Hall–Kier alpha value is -4.32. The van der Waals surface area contributed by atoms with E-state index in [0.717, 1.165) is 53.6 Å². The van der Waals surface area contributed by atoms with Gasteiger partial charge in [0.2, 0.25) is 0 Å². The number of nitrogens with zero attached hydrogens (tertiary/aromatic N) is 5. The first kappa shape index (κ1) is 24.0. The molecule has 1 N–H and O–H groups in total. The highest BCUT2D eigenvalue weighted by Gasteiger charge is 2.31. The monoisotopic (exact) mass is 510 g/mol. The van der Waals surface area contributed by atoms with Crippen LogP contribution in [-0.2, 0) is 11.3 Å². The summed E-state index contributed by atoms with van der Waals surface area (Å²) in [5.41, 5.74) is 4.15. The summed E-state index contributed by atoms with van der Waals surface area (Å²) in [5, 5.41) is 18.1. The van der Waals surface area contributed by atoms with Crippen molar-refractivity contribution in [1.29, 1.82) is 5.26 Å². The molecule has 2 aromatic heterocycles. The molecule has 9 nitrogen and oxygen atoms in total. The molecule has 0 radical (unpaired) electrons. The van der Waals surface area contributed by atoms with E-state index in [9.17, 15) is 10.1 Å². The van der Waals surface area contributed by atoms with Crippen molar-refractivity contribution in [2.24, 2.45) is 5.92 Å². The summed E-state index contributed by atoms with van der Waals surface area (Å²) in [4.78, 5) is 16.3. The highest BCUT2D eigenvalue weighted by Crippen LogP contribution is 2.43. The summed E-state index contributed by atoms with van der Waals surface area (Å²) in [6.45, 7) is 3.01. The quantitative estimate of drug-likeness (QED) is 0.299. The molecule has 2 heterocycles. The lowest BCUT2D eigenvalue weighted by Crippen LogP contribution is -2.21. The first-order chi connectivity index (χ1) is 18.6. The maximum Gasteiger partial charge on any atom is 0.411 e. The van der Waals surface area contributed by atoms with E-state index in [-0.39, 0.29) is 6.10 Å². The molecule has 38 heavy (non-hydrogen) atoms. The van der Waals surface area contributed by atoms with Crippen LogP contribution in [0.2, 0.25) is 0 Å². The summed E-state index contributed by atoms with van der Waals surface area (Å²) in [6, 6.07) is 16.4. The number of hydrogen-bond donors (Lipinski definition) is 1. The van der Waals surface area contributed by atoms with Gasteiger partial charge in [0.25, 0.3) is 0 Å². The van der Waals surface area contributed by atoms with Crippen molar-refractivity contribution < 1.29 is 14.3 Å². The van der Waals surface area contributed by atoms with Crippen LogP contribution in [0.15, 0.2) is 55.1 Å². The average Bonchev–Trinajstić information content (AvgIpc) is 3.53. The third-order valence-electron chi connectivity index (χ3n) is 7.57. The number of fused-ring (bicyclic) bond motifs is 1. The Labute approximate surface area is 221 Å². The number of rotatable bonds is 9. The van der Waals surface area contributed by atoms with Gasteiger partial charge in [0, 0.05) is 23.2 Å². The van der Waals surface area contributed by atoms with Crippen LogP contribution in [0.1, 0.15) is 50.6 Å². The molecule has 0 aliphatic heterocycles. The van der Waals surface area contributed by atoms with Gasteiger partial charge in [-0.3, -0.25) is 5.32 Å². The number of nitriles is 1. The van der Waals surface area contributed by atoms with E-state index in [1.54, 1.807) is 11.0 Å². The van der Waals surface area contributed by atoms with Gasteiger partial charge in [0.05, 0.1) is 23.3 Å². The Balaban J connectivity index is 1.27. The predicted molar refractivity (Wildman–Crippen MR) is 143 cm³/mol. The molecule has 0 unspecified atom stereocenters. The lowest BCUT2D eigenvalue weighted by Gasteiger charge is -2.30. The Bertz CT molecular complexity index is 1480. The molecule has 194 valence electrons. The highest BCUT2D eigenvalue weighted by atomic mass is 16.6. The van der Waals surface area contributed by atoms with E-state index >= 15 is 0 Å². The van der Waals surface area contributed by atoms with E-state index < -0.39 is 6.09 Å². The van der Waals surface area contributed by atoms with Crippen LogP contribution in [0.3, 0.4) is 0 Å². The van der Waals surface area contributed by atoms with Crippen LogP contribution >= 0.6 is 0 Å². The standard InChI is InChI=1S/C29H30N6O3/c1-19(20-5-6-20)38-29(36)33-22-9-7-21(8-10-22)28-26(16-30)25-12-11-24(37-14-13-34-18-31-17-32-34)15-27(25)35(28)23-3-2-4-23/h7-12,15,17-20,23H,2-6,13-14H2,1H3,(H,33,36)/t19-/m1/s1. The van der Waals surface area contributed by atoms with Crippen molar-refractivity contribution in [3.05, 3.63) is 60.7 Å². The number of anilines is 1. The predicted octanol–water partition coefficient (Wildman–Crippen LogP) is 5.92. The number of carbonyl (C=O) groups is 1. The maximum absolute atomic E-state index is 12.3. The van der Waals surface area contributed by atoms with Crippen molar-refractivity contribution >= 4 is 22.7 Å². The number of benzene rings is 2. The molecule has 4 aromatic rings. The number of hydrogen-bond acceptors (Lipinski definition) is 6. The molecule has 0 bridgehead atoms. The van der Waals surface area contributed by atoms with Crippen molar-refractivity contribution in [2.75, 3.05) is 11.9 Å². The summed E-state index contributed by atoms with van der Waals surface area (Å²) in [6.07, 6.45) is 8.23. The number of amides is 1. The minimum Gasteiger partial charge on any atom is -0.492 e. The van der Waals surface area contributed by atoms with Gasteiger partial charge in [-0.2, -0.15) is 10.4 Å². The molecule has 2 aliphatic carbocycles. The second kappa shape index (κ2) is 10.2. The van der Waals surface area contributed by atoms with Crippen molar-refractivity contribution in [3.63, 3.8) is 0 Å². The zero-order valence-corrected chi connectivity index (χ0v) is 21.3. The molecule has 2 saturated carbocycles. The van der Waals surface area contributed by atoms with Gasteiger partial charge in [0.15, 0.2) is 0 Å². The fourth-order valence-electron chi connectivity index (χ4n) is 5.10. The maximum atomic E-state index is 12.3. The molecule has 9 heteroatoms. The minimum absolute atomic E-state index is 0.0675. The van der Waals surface area contributed by atoms with Crippen molar-refractivity contribution in [2.45, 2.75) is 57.7 Å². The molecule has 6 rings (SSSR count). The second-order valence-electron chi connectivity index (χ2n) is 10.1. The average molecular weight is 511 g/mol. The van der Waals surface area contributed by atoms with Crippen LogP contribution < -0.4 is 10.1 Å². The van der Waals surface area contributed by atoms with Crippen molar-refractivity contribution in [3.8, 4) is 23.1 Å². The number of carbonyl (C=O) groups excluding carboxylic acids is 1. The zero-order valence-electron chi connectivity index (χ0n) is 21.3. The van der Waals surface area contributed by atoms with Gasteiger partial charge in [-0.1, -0.05) is 12.1 Å². The highest BCUT2D eigenvalue weighted by molar-refractivity contribution is 5.96. The first-order valence-electron chi connectivity index (χ1n) is 13.2. The van der Waals surface area contributed by atoms with Gasteiger partial charge in [-0.05, 0) is 74.8 Å². The molecule has 0 saturated heterocycles. The SMILES string of the molecule is C[C@@H](OC(=O)Nc1ccc(-c2c(C#N)c3ccc(OCCn4cncn4)cc3n2C2CCC2)cc1)C1CC1. The number of aromatic nitrogens is 4. The topological polar surface area (TPSA) is 107 Å². The summed E-state index contributed by atoms with van der Waals surface area (Å²) >= 11 is 0. The Morgan fingerprint density at radius 1 is 1.18 bits per heavy atom. The fourth-order valence-corrected chi connectivity index (χ4v) is 5.10. The lowest BCUT2D eigenvalue weighted by atomic mass is 9.92. The molecule has 2 aliphatic rings. The van der Waals surface area contributed by atoms with E-state index in [0.29, 0.717) is 36.4 Å². The van der Waals surface area contributed by atoms with Gasteiger partial charge in [-0.25, -0.2) is 14.5 Å². The van der Waals surface area contributed by atoms with Crippen LogP contribution in [0.25, 0.3) is 22.2 Å². The normalized spacial score (nSPS) is 16.0. The largest absolute Gasteiger partial charge is 0.492 e. The molecule has 2 aromatic carbocycles. The van der Waals surface area contributed by atoms with E-state index in [1.807, 2.05) is 49.4 Å². The number of nitrogens with one attached hydrogen (secondary N) is 1. The molecule has 0 spiro atoms. The van der Waals surface area contributed by atoms with Gasteiger partial charge < -0.3 is 14.0 Å². The Morgan fingerprint density at radius 2 is 2.00 bits per heavy atom. The molecular formula is C29H30N6O3. The third kappa shape index (κ3) is 4.82. The lowest BCUT2D eigenvalue weighted by molar-refractivity contribution is 0.108. The van der Waals surface area contributed by atoms with Gasteiger partial charge in [-0.15, -0.1) is 0 Å². The molecular weight excluding hydrogens is 480 g/mol. The number of ether oxygens (including phenoxy) is 2. The van der Waals surface area contributed by atoms with E-state index in [2.05, 4.69) is 26.0 Å².